The van der Waals surface area contributed by atoms with Crippen LogP contribution in [0, 0.1) is 17.5 Å². The minimum atomic E-state index is -1.29. The van der Waals surface area contributed by atoms with Crippen LogP contribution in [0.1, 0.15) is 38.8 Å². The molecule has 1 N–H and O–H groups in total. The van der Waals surface area contributed by atoms with Crippen molar-refractivity contribution >= 4 is 5.97 Å². The lowest BCUT2D eigenvalue weighted by molar-refractivity contribution is -0.146. The molecule has 0 heterocycles. The van der Waals surface area contributed by atoms with E-state index in [1.165, 1.54) is 0 Å². The van der Waals surface area contributed by atoms with Gasteiger partial charge in [0, 0.05) is 17.7 Å². The fourth-order valence-corrected chi connectivity index (χ4v) is 1.67. The summed E-state index contributed by atoms with van der Waals surface area (Å²) in [4.78, 5) is 11.9. The van der Waals surface area contributed by atoms with Gasteiger partial charge in [-0.2, -0.15) is 0 Å². The van der Waals surface area contributed by atoms with Gasteiger partial charge in [-0.3, -0.25) is 5.32 Å². The van der Waals surface area contributed by atoms with Crippen molar-refractivity contribution in [1.29, 1.82) is 0 Å². The first-order valence-electron chi connectivity index (χ1n) is 6.47. The third kappa shape index (κ3) is 3.96. The van der Waals surface area contributed by atoms with E-state index in [2.05, 4.69) is 5.32 Å². The van der Waals surface area contributed by atoms with Gasteiger partial charge in [-0.05, 0) is 26.3 Å². The molecule has 0 saturated heterocycles. The molecular formula is C14H18F3NO2. The van der Waals surface area contributed by atoms with Gasteiger partial charge in [0.05, 0.1) is 6.61 Å². The van der Waals surface area contributed by atoms with Crippen LogP contribution in [0.5, 0.6) is 0 Å². The van der Waals surface area contributed by atoms with Gasteiger partial charge in [0.15, 0.2) is 11.6 Å². The summed E-state index contributed by atoms with van der Waals surface area (Å²) in [6, 6.07) is -0.173. The van der Waals surface area contributed by atoms with E-state index in [1.54, 1.807) is 13.8 Å². The minimum absolute atomic E-state index is 0.114. The van der Waals surface area contributed by atoms with E-state index in [-0.39, 0.29) is 18.2 Å². The molecule has 0 aliphatic heterocycles. The van der Waals surface area contributed by atoms with E-state index < -0.39 is 29.5 Å². The smallest absolute Gasteiger partial charge is 0.327 e. The zero-order valence-electron chi connectivity index (χ0n) is 11.7. The standard InChI is InChI=1S/C14H18F3NO2/c1-4-8(3)18-13(14(19)20-5-2)9-6-11(16)12(17)7-10(9)15/h6-8,13,18H,4-5H2,1-3H3. The van der Waals surface area contributed by atoms with Crippen LogP contribution in [0.3, 0.4) is 0 Å². The molecule has 0 amide bonds. The van der Waals surface area contributed by atoms with Gasteiger partial charge < -0.3 is 4.74 Å². The average molecular weight is 289 g/mol. The Hall–Kier alpha value is -1.56. The van der Waals surface area contributed by atoms with Crippen LogP contribution in [0.2, 0.25) is 0 Å². The number of benzene rings is 1. The molecular weight excluding hydrogens is 271 g/mol. The lowest BCUT2D eigenvalue weighted by atomic mass is 10.0. The Morgan fingerprint density at radius 2 is 1.80 bits per heavy atom. The third-order valence-electron chi connectivity index (χ3n) is 2.94. The van der Waals surface area contributed by atoms with E-state index in [4.69, 9.17) is 4.74 Å². The summed E-state index contributed by atoms with van der Waals surface area (Å²) < 4.78 is 44.8. The number of halogens is 3. The van der Waals surface area contributed by atoms with Gasteiger partial charge in [-0.15, -0.1) is 0 Å². The minimum Gasteiger partial charge on any atom is -0.465 e. The number of esters is 1. The molecule has 0 aliphatic carbocycles. The molecule has 0 aliphatic rings. The highest BCUT2D eigenvalue weighted by atomic mass is 19.2. The lowest BCUT2D eigenvalue weighted by Crippen LogP contribution is -2.36. The van der Waals surface area contributed by atoms with Crippen LogP contribution in [-0.2, 0) is 9.53 Å². The van der Waals surface area contributed by atoms with Crippen LogP contribution >= 0.6 is 0 Å². The van der Waals surface area contributed by atoms with Crippen LogP contribution in [0.25, 0.3) is 0 Å². The van der Waals surface area contributed by atoms with Crippen molar-refractivity contribution in [2.45, 2.75) is 39.3 Å². The normalized spacial score (nSPS) is 13.9. The molecule has 1 aromatic carbocycles. The Kier molecular flexibility index (Phi) is 6.01. The largest absolute Gasteiger partial charge is 0.465 e. The average Bonchev–Trinajstić information content (AvgIpc) is 2.40. The zero-order valence-corrected chi connectivity index (χ0v) is 11.7. The second-order valence-electron chi connectivity index (χ2n) is 4.45. The van der Waals surface area contributed by atoms with Crippen LogP contribution < -0.4 is 5.32 Å². The number of nitrogens with one attached hydrogen (secondary N) is 1. The highest BCUT2D eigenvalue weighted by Crippen LogP contribution is 2.22. The fraction of sp³-hybridized carbons (Fsp3) is 0.500. The maximum atomic E-state index is 13.8. The molecule has 6 heteroatoms. The summed E-state index contributed by atoms with van der Waals surface area (Å²) in [5.74, 6) is -4.21. The molecule has 0 spiro atoms. The van der Waals surface area contributed by atoms with E-state index in [0.29, 0.717) is 18.6 Å². The highest BCUT2D eigenvalue weighted by molar-refractivity contribution is 5.77. The van der Waals surface area contributed by atoms with Gasteiger partial charge >= 0.3 is 5.97 Å². The summed E-state index contributed by atoms with van der Waals surface area (Å²) in [5, 5.41) is 2.85. The summed E-state index contributed by atoms with van der Waals surface area (Å²) in [6.07, 6.45) is 0.682. The van der Waals surface area contributed by atoms with Gasteiger partial charge in [-0.25, -0.2) is 18.0 Å². The Labute approximate surface area is 116 Å². The fourth-order valence-electron chi connectivity index (χ4n) is 1.67. The number of ether oxygens (including phenoxy) is 1. The van der Waals surface area contributed by atoms with Crippen molar-refractivity contribution in [3.63, 3.8) is 0 Å². The molecule has 1 rings (SSSR count). The first-order valence-corrected chi connectivity index (χ1v) is 6.47. The van der Waals surface area contributed by atoms with Crippen molar-refractivity contribution in [3.8, 4) is 0 Å². The molecule has 3 nitrogen and oxygen atoms in total. The Bertz CT molecular complexity index is 480. The first-order chi connectivity index (χ1) is 9.40. The molecule has 0 saturated carbocycles. The molecule has 2 unspecified atom stereocenters. The molecule has 0 fully saturated rings. The number of hydrogen-bond acceptors (Lipinski definition) is 3. The molecule has 0 radical (unpaired) electrons. The number of carbonyl (C=O) groups is 1. The molecule has 1 aromatic rings. The predicted molar refractivity (Wildman–Crippen MR) is 68.6 cm³/mol. The van der Waals surface area contributed by atoms with Gasteiger partial charge in [-0.1, -0.05) is 6.92 Å². The molecule has 20 heavy (non-hydrogen) atoms. The molecule has 2 atom stereocenters. The molecule has 0 aromatic heterocycles. The maximum Gasteiger partial charge on any atom is 0.327 e. The van der Waals surface area contributed by atoms with E-state index in [1.807, 2.05) is 6.92 Å². The third-order valence-corrected chi connectivity index (χ3v) is 2.94. The highest BCUT2D eigenvalue weighted by Gasteiger charge is 2.27. The van der Waals surface area contributed by atoms with Crippen molar-refractivity contribution in [1.82, 2.24) is 5.32 Å². The van der Waals surface area contributed by atoms with Gasteiger partial charge in [0.1, 0.15) is 11.9 Å². The van der Waals surface area contributed by atoms with E-state index in [9.17, 15) is 18.0 Å². The second kappa shape index (κ2) is 7.28. The maximum absolute atomic E-state index is 13.8. The Balaban J connectivity index is 3.15. The zero-order chi connectivity index (χ0) is 15.3. The Morgan fingerprint density at radius 1 is 1.20 bits per heavy atom. The van der Waals surface area contributed by atoms with Crippen LogP contribution in [-0.4, -0.2) is 18.6 Å². The number of hydrogen-bond donors (Lipinski definition) is 1. The summed E-state index contributed by atoms with van der Waals surface area (Å²) in [7, 11) is 0. The summed E-state index contributed by atoms with van der Waals surface area (Å²) in [5.41, 5.74) is -0.261. The monoisotopic (exact) mass is 289 g/mol. The predicted octanol–water partition coefficient (Wildman–Crippen LogP) is 3.10. The van der Waals surface area contributed by atoms with Crippen molar-refractivity contribution in [2.24, 2.45) is 0 Å². The van der Waals surface area contributed by atoms with E-state index >= 15 is 0 Å². The Morgan fingerprint density at radius 3 is 2.35 bits per heavy atom. The van der Waals surface area contributed by atoms with Crippen molar-refractivity contribution < 1.29 is 22.7 Å². The number of rotatable bonds is 6. The van der Waals surface area contributed by atoms with E-state index in [0.717, 1.165) is 0 Å². The SMILES string of the molecule is CCOC(=O)C(NC(C)CC)c1cc(F)c(F)cc1F. The van der Waals surface area contributed by atoms with Gasteiger partial charge in [0.2, 0.25) is 0 Å². The quantitative estimate of drug-likeness (QED) is 0.646. The lowest BCUT2D eigenvalue weighted by Gasteiger charge is -2.22. The van der Waals surface area contributed by atoms with Crippen molar-refractivity contribution in [3.05, 3.63) is 35.1 Å². The van der Waals surface area contributed by atoms with Crippen LogP contribution in [0.4, 0.5) is 13.2 Å². The molecule has 112 valence electrons. The van der Waals surface area contributed by atoms with Crippen molar-refractivity contribution in [2.75, 3.05) is 6.61 Å². The summed E-state index contributed by atoms with van der Waals surface area (Å²) >= 11 is 0. The summed E-state index contributed by atoms with van der Waals surface area (Å²) in [6.45, 7) is 5.40. The van der Waals surface area contributed by atoms with Gasteiger partial charge in [0.25, 0.3) is 0 Å². The second-order valence-corrected chi connectivity index (χ2v) is 4.45. The molecule has 0 bridgehead atoms. The first kappa shape index (κ1) is 16.5. The van der Waals surface area contributed by atoms with Crippen LogP contribution in [0.15, 0.2) is 12.1 Å². The topological polar surface area (TPSA) is 38.3 Å². The number of carbonyl (C=O) groups excluding carboxylic acids is 1.